The standard InChI is InChI=1S/C11H11ClN.Co/c1-3-8-6-13-11-7(2)4-9(12)5-10(8)11;/h4-6,13H,1,3H2,2H3;/q-1;. The number of halogens is 1. The number of benzene rings is 1. The molecule has 0 amide bonds. The van der Waals surface area contributed by atoms with Crippen molar-refractivity contribution in [3.05, 3.63) is 41.4 Å². The molecule has 2 rings (SSSR count). The summed E-state index contributed by atoms with van der Waals surface area (Å²) in [4.78, 5) is 3.24. The molecule has 0 atom stereocenters. The predicted octanol–water partition coefficient (Wildman–Crippen LogP) is 3.50. The zero-order valence-corrected chi connectivity index (χ0v) is 9.65. The molecule has 1 N–H and O–H groups in total. The van der Waals surface area contributed by atoms with Gasteiger partial charge in [-0.2, -0.15) is 6.42 Å². The van der Waals surface area contributed by atoms with Gasteiger partial charge in [-0.25, -0.2) is 0 Å². The minimum atomic E-state index is 0. The van der Waals surface area contributed by atoms with Crippen LogP contribution in [0.3, 0.4) is 0 Å². The Kier molecular flexibility index (Phi) is 3.64. The minimum Gasteiger partial charge on any atom is -0.361 e. The molecular formula is C11H11ClCoN-. The second kappa shape index (κ2) is 4.38. The van der Waals surface area contributed by atoms with Crippen molar-refractivity contribution in [3.63, 3.8) is 0 Å². The molecule has 0 unspecified atom stereocenters. The zero-order valence-electron chi connectivity index (χ0n) is 7.86. The molecule has 0 fully saturated rings. The summed E-state index contributed by atoms with van der Waals surface area (Å²) in [6, 6.07) is 3.95. The molecule has 1 aromatic carbocycles. The van der Waals surface area contributed by atoms with E-state index in [1.54, 1.807) is 0 Å². The van der Waals surface area contributed by atoms with Crippen molar-refractivity contribution in [2.45, 2.75) is 13.3 Å². The van der Waals surface area contributed by atoms with Gasteiger partial charge in [0.15, 0.2) is 0 Å². The van der Waals surface area contributed by atoms with Crippen LogP contribution in [-0.4, -0.2) is 4.98 Å². The summed E-state index contributed by atoms with van der Waals surface area (Å²) in [5.74, 6) is 0. The molecule has 14 heavy (non-hydrogen) atoms. The van der Waals surface area contributed by atoms with Crippen molar-refractivity contribution < 1.29 is 16.8 Å². The maximum absolute atomic E-state index is 5.98. The number of fused-ring (bicyclic) bond motifs is 1. The SMILES string of the molecule is [CH2-]Cc1c[nH]c2c(C)cc(Cl)cc12.[Co]. The van der Waals surface area contributed by atoms with Crippen LogP contribution in [0.5, 0.6) is 0 Å². The fourth-order valence-corrected chi connectivity index (χ4v) is 1.90. The van der Waals surface area contributed by atoms with Gasteiger partial charge in [-0.05, 0) is 24.6 Å². The van der Waals surface area contributed by atoms with Crippen LogP contribution in [0.25, 0.3) is 10.9 Å². The molecule has 0 aliphatic rings. The van der Waals surface area contributed by atoms with Crippen LogP contribution < -0.4 is 0 Å². The van der Waals surface area contributed by atoms with Crippen molar-refractivity contribution in [3.8, 4) is 0 Å². The van der Waals surface area contributed by atoms with Gasteiger partial charge in [0.25, 0.3) is 0 Å². The molecule has 0 aliphatic carbocycles. The minimum absolute atomic E-state index is 0. The molecule has 0 saturated carbocycles. The maximum Gasteiger partial charge on any atom is 0.0486 e. The third-order valence-electron chi connectivity index (χ3n) is 2.31. The van der Waals surface area contributed by atoms with Gasteiger partial charge in [-0.3, -0.25) is 0 Å². The summed E-state index contributed by atoms with van der Waals surface area (Å²) in [5, 5.41) is 1.99. The number of aryl methyl sites for hydroxylation is 1. The third kappa shape index (κ3) is 1.83. The Labute approximate surface area is 99.0 Å². The Morgan fingerprint density at radius 3 is 2.79 bits per heavy atom. The Hall–Kier alpha value is -0.444. The van der Waals surface area contributed by atoms with E-state index in [9.17, 15) is 0 Å². The Morgan fingerprint density at radius 1 is 1.43 bits per heavy atom. The van der Waals surface area contributed by atoms with Gasteiger partial charge in [0.05, 0.1) is 0 Å². The van der Waals surface area contributed by atoms with Gasteiger partial charge >= 0.3 is 0 Å². The van der Waals surface area contributed by atoms with E-state index in [4.69, 9.17) is 11.6 Å². The second-order valence-electron chi connectivity index (χ2n) is 3.21. The van der Waals surface area contributed by atoms with Crippen molar-refractivity contribution in [1.29, 1.82) is 0 Å². The van der Waals surface area contributed by atoms with E-state index in [2.05, 4.69) is 18.8 Å². The van der Waals surface area contributed by atoms with Crippen LogP contribution in [0.4, 0.5) is 0 Å². The summed E-state index contributed by atoms with van der Waals surface area (Å²) in [6.45, 7) is 5.93. The van der Waals surface area contributed by atoms with Gasteiger partial charge in [0, 0.05) is 38.9 Å². The van der Waals surface area contributed by atoms with Crippen molar-refractivity contribution in [1.82, 2.24) is 4.98 Å². The van der Waals surface area contributed by atoms with Gasteiger partial charge in [-0.15, -0.1) is 0 Å². The van der Waals surface area contributed by atoms with E-state index < -0.39 is 0 Å². The molecule has 0 aliphatic heterocycles. The number of aromatic nitrogens is 1. The van der Waals surface area contributed by atoms with E-state index in [-0.39, 0.29) is 16.8 Å². The smallest absolute Gasteiger partial charge is 0.0486 e. The number of hydrogen-bond donors (Lipinski definition) is 1. The van der Waals surface area contributed by atoms with Crippen LogP contribution in [0, 0.1) is 13.8 Å². The summed E-state index contributed by atoms with van der Waals surface area (Å²) < 4.78 is 0. The maximum atomic E-state index is 5.98. The number of nitrogens with one attached hydrogen (secondary N) is 1. The van der Waals surface area contributed by atoms with Crippen LogP contribution in [0.15, 0.2) is 18.3 Å². The van der Waals surface area contributed by atoms with Crippen molar-refractivity contribution in [2.24, 2.45) is 0 Å². The van der Waals surface area contributed by atoms with Crippen LogP contribution in [-0.2, 0) is 23.2 Å². The first-order valence-electron chi connectivity index (χ1n) is 4.27. The average Bonchev–Trinajstić information content (AvgIpc) is 2.47. The summed E-state index contributed by atoms with van der Waals surface area (Å²) >= 11 is 5.98. The van der Waals surface area contributed by atoms with Crippen molar-refractivity contribution in [2.75, 3.05) is 0 Å². The molecule has 0 spiro atoms. The normalized spacial score (nSPS) is 10.2. The molecular weight excluding hydrogens is 241 g/mol. The number of rotatable bonds is 1. The number of hydrogen-bond acceptors (Lipinski definition) is 0. The third-order valence-corrected chi connectivity index (χ3v) is 2.52. The van der Waals surface area contributed by atoms with E-state index in [0.29, 0.717) is 0 Å². The summed E-state index contributed by atoms with van der Waals surface area (Å²) in [5.41, 5.74) is 3.57. The molecule has 2 aromatic rings. The van der Waals surface area contributed by atoms with Crippen LogP contribution in [0.2, 0.25) is 5.02 Å². The Morgan fingerprint density at radius 2 is 2.14 bits per heavy atom. The number of H-pyrrole nitrogens is 1. The second-order valence-corrected chi connectivity index (χ2v) is 3.65. The molecule has 0 saturated heterocycles. The molecule has 1 aromatic heterocycles. The van der Waals surface area contributed by atoms with Crippen LogP contribution in [0.1, 0.15) is 11.1 Å². The van der Waals surface area contributed by atoms with E-state index in [1.165, 1.54) is 22.0 Å². The first-order valence-corrected chi connectivity index (χ1v) is 4.65. The fourth-order valence-electron chi connectivity index (χ4n) is 1.63. The van der Waals surface area contributed by atoms with E-state index in [1.807, 2.05) is 18.3 Å². The van der Waals surface area contributed by atoms with Gasteiger partial charge < -0.3 is 11.9 Å². The topological polar surface area (TPSA) is 15.8 Å². The first-order chi connectivity index (χ1) is 6.22. The monoisotopic (exact) mass is 251 g/mol. The molecule has 77 valence electrons. The van der Waals surface area contributed by atoms with Crippen LogP contribution >= 0.6 is 11.6 Å². The predicted molar refractivity (Wildman–Crippen MR) is 57.1 cm³/mol. The van der Waals surface area contributed by atoms with Crippen molar-refractivity contribution >= 4 is 22.5 Å². The molecule has 3 heteroatoms. The zero-order chi connectivity index (χ0) is 9.42. The fraction of sp³-hybridized carbons (Fsp3) is 0.182. The average molecular weight is 252 g/mol. The summed E-state index contributed by atoms with van der Waals surface area (Å²) in [6.07, 6.45) is 2.79. The molecule has 1 radical (unpaired) electrons. The Bertz CT molecular complexity index is 448. The molecule has 1 heterocycles. The van der Waals surface area contributed by atoms with E-state index >= 15 is 0 Å². The largest absolute Gasteiger partial charge is 0.361 e. The van der Waals surface area contributed by atoms with Gasteiger partial charge in [0.1, 0.15) is 0 Å². The number of aromatic amines is 1. The molecule has 1 nitrogen and oxygen atoms in total. The summed E-state index contributed by atoms with van der Waals surface area (Å²) in [7, 11) is 0. The molecule has 0 bridgehead atoms. The van der Waals surface area contributed by atoms with Gasteiger partial charge in [-0.1, -0.05) is 17.2 Å². The Balaban J connectivity index is 0.000000980. The first kappa shape index (κ1) is 11.6. The van der Waals surface area contributed by atoms with Gasteiger partial charge in [0.2, 0.25) is 0 Å². The van der Waals surface area contributed by atoms with E-state index in [0.717, 1.165) is 11.4 Å². The quantitative estimate of drug-likeness (QED) is 0.747.